The highest BCUT2D eigenvalue weighted by Crippen LogP contribution is 2.58. The summed E-state index contributed by atoms with van der Waals surface area (Å²) >= 11 is 0. The van der Waals surface area contributed by atoms with Gasteiger partial charge in [-0.3, -0.25) is 14.4 Å². The number of benzene rings is 1. The fourth-order valence-corrected chi connectivity index (χ4v) is 3.16. The summed E-state index contributed by atoms with van der Waals surface area (Å²) in [7, 11) is 1.74. The molecule has 0 saturated heterocycles. The van der Waals surface area contributed by atoms with Crippen molar-refractivity contribution in [3.8, 4) is 0 Å². The molecule has 0 heterocycles. The van der Waals surface area contributed by atoms with E-state index in [2.05, 4.69) is 5.32 Å². The van der Waals surface area contributed by atoms with Gasteiger partial charge in [-0.1, -0.05) is 19.9 Å². The van der Waals surface area contributed by atoms with Gasteiger partial charge in [-0.05, 0) is 43.9 Å². The summed E-state index contributed by atoms with van der Waals surface area (Å²) in [6.07, 6.45) is 0. The molecule has 1 aromatic rings. The zero-order valence-electron chi connectivity index (χ0n) is 15.6. The molecule has 1 fully saturated rings. The van der Waals surface area contributed by atoms with E-state index in [0.29, 0.717) is 11.3 Å². The minimum atomic E-state index is -0.955. The molecule has 1 aliphatic rings. The number of nitrogens with zero attached hydrogens (tertiary/aromatic N) is 1. The second-order valence-corrected chi connectivity index (χ2v) is 7.64. The molecule has 1 aromatic carbocycles. The van der Waals surface area contributed by atoms with Crippen molar-refractivity contribution in [2.45, 2.75) is 40.7 Å². The Kier molecular flexibility index (Phi) is 4.93. The Balaban J connectivity index is 2.19. The molecule has 0 spiro atoms. The summed E-state index contributed by atoms with van der Waals surface area (Å²) in [4.78, 5) is 37.9. The highest BCUT2D eigenvalue weighted by molar-refractivity contribution is 6.01. The molecule has 0 unspecified atom stereocenters. The highest BCUT2D eigenvalue weighted by Gasteiger charge is 2.65. The van der Waals surface area contributed by atoms with Crippen molar-refractivity contribution in [3.05, 3.63) is 29.3 Å². The van der Waals surface area contributed by atoms with Gasteiger partial charge in [0.15, 0.2) is 0 Å². The molecular weight excluding hydrogens is 320 g/mol. The van der Waals surface area contributed by atoms with E-state index in [1.165, 1.54) is 0 Å². The maximum Gasteiger partial charge on any atom is 0.307 e. The molecule has 6 nitrogen and oxygen atoms in total. The topological polar surface area (TPSA) is 86.7 Å². The van der Waals surface area contributed by atoms with Crippen LogP contribution in [0, 0.1) is 24.2 Å². The van der Waals surface area contributed by atoms with Gasteiger partial charge in [0.1, 0.15) is 0 Å². The van der Waals surface area contributed by atoms with Crippen LogP contribution in [0.2, 0.25) is 0 Å². The van der Waals surface area contributed by atoms with Crippen LogP contribution in [0.15, 0.2) is 18.2 Å². The maximum atomic E-state index is 12.6. The van der Waals surface area contributed by atoms with Crippen LogP contribution in [0.25, 0.3) is 0 Å². The van der Waals surface area contributed by atoms with Crippen LogP contribution >= 0.6 is 0 Å². The van der Waals surface area contributed by atoms with Crippen LogP contribution in [0.4, 0.5) is 5.69 Å². The molecule has 0 aliphatic heterocycles. The van der Waals surface area contributed by atoms with E-state index in [1.807, 2.05) is 20.8 Å². The molecule has 2 atom stereocenters. The van der Waals surface area contributed by atoms with E-state index in [-0.39, 0.29) is 17.9 Å². The molecule has 0 radical (unpaired) electrons. The molecule has 0 bridgehead atoms. The third kappa shape index (κ3) is 3.52. The molecule has 2 rings (SSSR count). The Morgan fingerprint density at radius 2 is 1.80 bits per heavy atom. The summed E-state index contributed by atoms with van der Waals surface area (Å²) in [5.74, 6) is -2.63. The fourth-order valence-electron chi connectivity index (χ4n) is 3.16. The summed E-state index contributed by atoms with van der Waals surface area (Å²) in [6, 6.07) is 5.22. The number of aryl methyl sites for hydroxylation is 1. The molecule has 6 heteroatoms. The van der Waals surface area contributed by atoms with E-state index < -0.39 is 23.2 Å². The van der Waals surface area contributed by atoms with Gasteiger partial charge < -0.3 is 15.3 Å². The number of carboxylic acid groups (broad SMARTS) is 1. The summed E-state index contributed by atoms with van der Waals surface area (Å²) in [6.45, 7) is 9.26. The molecular formula is C19H26N2O4. The quantitative estimate of drug-likeness (QED) is 0.858. The molecule has 2 N–H and O–H groups in total. The monoisotopic (exact) mass is 346 g/mol. The molecule has 1 saturated carbocycles. The normalized spacial score (nSPS) is 20.9. The van der Waals surface area contributed by atoms with Crippen molar-refractivity contribution < 1.29 is 19.5 Å². The van der Waals surface area contributed by atoms with Crippen molar-refractivity contribution in [3.63, 3.8) is 0 Å². The minimum Gasteiger partial charge on any atom is -0.481 e. The average molecular weight is 346 g/mol. The summed E-state index contributed by atoms with van der Waals surface area (Å²) in [5.41, 5.74) is 1.30. The Labute approximate surface area is 148 Å². The first-order chi connectivity index (χ1) is 11.5. The van der Waals surface area contributed by atoms with Crippen molar-refractivity contribution >= 4 is 23.5 Å². The van der Waals surface area contributed by atoms with Gasteiger partial charge >= 0.3 is 5.97 Å². The number of amides is 2. The lowest BCUT2D eigenvalue weighted by Crippen LogP contribution is -2.33. The number of hydrogen-bond donors (Lipinski definition) is 2. The zero-order valence-corrected chi connectivity index (χ0v) is 15.6. The van der Waals surface area contributed by atoms with Gasteiger partial charge in [0.25, 0.3) is 5.91 Å². The van der Waals surface area contributed by atoms with Crippen LogP contribution in [-0.2, 0) is 9.59 Å². The van der Waals surface area contributed by atoms with Gasteiger partial charge in [-0.25, -0.2) is 0 Å². The van der Waals surface area contributed by atoms with E-state index in [1.54, 1.807) is 44.0 Å². The lowest BCUT2D eigenvalue weighted by molar-refractivity contribution is -0.140. The Bertz CT molecular complexity index is 724. The first kappa shape index (κ1) is 19.0. The SMILES string of the molecule is Cc1ccc(NC(=O)[C@@H]2[C@H](C(=O)O)C2(C)C)cc1C(=O)N(C)C(C)C. The third-order valence-electron chi connectivity index (χ3n) is 5.21. The maximum absolute atomic E-state index is 12.6. The van der Waals surface area contributed by atoms with E-state index in [0.717, 1.165) is 5.56 Å². The second kappa shape index (κ2) is 6.50. The standard InChI is InChI=1S/C19H26N2O4/c1-10(2)21(6)17(23)13-9-12(8-7-11(13)3)20-16(22)14-15(18(24)25)19(14,4)5/h7-10,14-15H,1-6H3,(H,20,22)(H,24,25)/t14-,15+/m0/s1. The summed E-state index contributed by atoms with van der Waals surface area (Å²) < 4.78 is 0. The third-order valence-corrected chi connectivity index (χ3v) is 5.21. The van der Waals surface area contributed by atoms with Gasteiger partial charge in [-0.2, -0.15) is 0 Å². The Morgan fingerprint density at radius 1 is 1.20 bits per heavy atom. The first-order valence-electron chi connectivity index (χ1n) is 8.40. The van der Waals surface area contributed by atoms with Crippen molar-refractivity contribution in [1.82, 2.24) is 4.90 Å². The Morgan fingerprint density at radius 3 is 2.28 bits per heavy atom. The smallest absolute Gasteiger partial charge is 0.307 e. The van der Waals surface area contributed by atoms with E-state index in [9.17, 15) is 19.5 Å². The lowest BCUT2D eigenvalue weighted by atomic mass is 10.1. The van der Waals surface area contributed by atoms with Gasteiger partial charge in [0, 0.05) is 24.3 Å². The average Bonchev–Trinajstić information content (AvgIpc) is 3.10. The number of carbonyl (C=O) groups excluding carboxylic acids is 2. The molecule has 1 aliphatic carbocycles. The Hall–Kier alpha value is -2.37. The van der Waals surface area contributed by atoms with Crippen LogP contribution in [0.5, 0.6) is 0 Å². The number of hydrogen-bond acceptors (Lipinski definition) is 3. The predicted molar refractivity (Wildman–Crippen MR) is 95.4 cm³/mol. The van der Waals surface area contributed by atoms with E-state index >= 15 is 0 Å². The van der Waals surface area contributed by atoms with Crippen LogP contribution in [0.3, 0.4) is 0 Å². The highest BCUT2D eigenvalue weighted by atomic mass is 16.4. The lowest BCUT2D eigenvalue weighted by Gasteiger charge is -2.22. The van der Waals surface area contributed by atoms with E-state index in [4.69, 9.17) is 0 Å². The van der Waals surface area contributed by atoms with Crippen molar-refractivity contribution in [1.29, 1.82) is 0 Å². The number of anilines is 1. The van der Waals surface area contributed by atoms with Crippen LogP contribution in [-0.4, -0.2) is 40.9 Å². The number of carboxylic acids is 1. The van der Waals surface area contributed by atoms with Gasteiger partial charge in [-0.15, -0.1) is 0 Å². The largest absolute Gasteiger partial charge is 0.481 e. The minimum absolute atomic E-state index is 0.0636. The predicted octanol–water partition coefficient (Wildman–Crippen LogP) is 2.77. The zero-order chi connectivity index (χ0) is 19.1. The number of carbonyl (C=O) groups is 3. The molecule has 2 amide bonds. The fraction of sp³-hybridized carbons (Fsp3) is 0.526. The number of aliphatic carboxylic acids is 1. The molecule has 0 aromatic heterocycles. The molecule has 136 valence electrons. The summed E-state index contributed by atoms with van der Waals surface area (Å²) in [5, 5.41) is 12.0. The van der Waals surface area contributed by atoms with Crippen molar-refractivity contribution in [2.75, 3.05) is 12.4 Å². The molecule has 25 heavy (non-hydrogen) atoms. The number of nitrogens with one attached hydrogen (secondary N) is 1. The van der Waals surface area contributed by atoms with Crippen LogP contribution in [0.1, 0.15) is 43.6 Å². The number of rotatable bonds is 5. The van der Waals surface area contributed by atoms with Gasteiger partial charge in [0.05, 0.1) is 11.8 Å². The van der Waals surface area contributed by atoms with Crippen LogP contribution < -0.4 is 5.32 Å². The van der Waals surface area contributed by atoms with Crippen molar-refractivity contribution in [2.24, 2.45) is 17.3 Å². The van der Waals surface area contributed by atoms with Gasteiger partial charge in [0.2, 0.25) is 5.91 Å². The second-order valence-electron chi connectivity index (χ2n) is 7.64. The first-order valence-corrected chi connectivity index (χ1v) is 8.40.